The summed E-state index contributed by atoms with van der Waals surface area (Å²) in [7, 11) is 0. The van der Waals surface area contributed by atoms with Crippen molar-refractivity contribution in [1.29, 1.82) is 0 Å². The number of hydrogen-bond acceptors (Lipinski definition) is 3. The van der Waals surface area contributed by atoms with E-state index in [2.05, 4.69) is 26.0 Å². The Hall–Kier alpha value is -2.28. The highest BCUT2D eigenvalue weighted by molar-refractivity contribution is 9.10. The average Bonchev–Trinajstić information content (AvgIpc) is 2.77. The fourth-order valence-electron chi connectivity index (χ4n) is 1.82. The Morgan fingerprint density at radius 3 is 2.55 bits per heavy atom. The molecule has 5 nitrogen and oxygen atoms in total. The molecule has 0 radical (unpaired) electrons. The fraction of sp³-hybridized carbons (Fsp3) is 0. The van der Waals surface area contributed by atoms with Crippen LogP contribution in [-0.4, -0.2) is 25.7 Å². The summed E-state index contributed by atoms with van der Waals surface area (Å²) >= 11 is 3.17. The van der Waals surface area contributed by atoms with Gasteiger partial charge in [-0.05, 0) is 52.3 Å². The summed E-state index contributed by atoms with van der Waals surface area (Å²) in [5, 5.41) is 13.3. The lowest BCUT2D eigenvalue weighted by Gasteiger charge is -2.02. The van der Waals surface area contributed by atoms with Crippen LogP contribution < -0.4 is 0 Å². The summed E-state index contributed by atoms with van der Waals surface area (Å²) < 4.78 is 14.6. The van der Waals surface area contributed by atoms with E-state index < -0.39 is 5.97 Å². The number of imidazole rings is 1. The highest BCUT2D eigenvalue weighted by Gasteiger charge is 2.17. The van der Waals surface area contributed by atoms with Crippen LogP contribution in [-0.2, 0) is 0 Å². The topological polar surface area (TPSA) is 67.5 Å². The second-order valence-corrected chi connectivity index (χ2v) is 4.80. The van der Waals surface area contributed by atoms with Crippen LogP contribution in [0.3, 0.4) is 0 Å². The van der Waals surface area contributed by atoms with Gasteiger partial charge in [-0.3, -0.25) is 0 Å². The van der Waals surface area contributed by atoms with Gasteiger partial charge in [-0.2, -0.15) is 5.10 Å². The Morgan fingerprint density at radius 2 is 1.90 bits per heavy atom. The normalized spacial score (nSPS) is 10.9. The molecule has 0 aliphatic rings. The Labute approximate surface area is 120 Å². The monoisotopic (exact) mass is 335 g/mol. The van der Waals surface area contributed by atoms with Gasteiger partial charge in [-0.1, -0.05) is 0 Å². The van der Waals surface area contributed by atoms with Crippen molar-refractivity contribution < 1.29 is 14.3 Å². The smallest absolute Gasteiger partial charge is 0.357 e. The van der Waals surface area contributed by atoms with Crippen LogP contribution in [0.25, 0.3) is 16.9 Å². The second kappa shape index (κ2) is 4.68. The molecule has 0 aliphatic heterocycles. The molecule has 1 N–H and O–H groups in total. The first-order valence-electron chi connectivity index (χ1n) is 5.61. The second-order valence-electron chi connectivity index (χ2n) is 4.05. The van der Waals surface area contributed by atoms with Gasteiger partial charge in [0.1, 0.15) is 10.4 Å². The number of nitrogens with zero attached hydrogens (tertiary/aromatic N) is 3. The van der Waals surface area contributed by atoms with Crippen LogP contribution in [0.2, 0.25) is 0 Å². The van der Waals surface area contributed by atoms with E-state index in [0.29, 0.717) is 11.3 Å². The molecule has 20 heavy (non-hydrogen) atoms. The summed E-state index contributed by atoms with van der Waals surface area (Å²) in [5.41, 5.74) is 1.63. The lowest BCUT2D eigenvalue weighted by molar-refractivity contribution is 0.0690. The van der Waals surface area contributed by atoms with E-state index in [1.54, 1.807) is 24.3 Å². The summed E-state index contributed by atoms with van der Waals surface area (Å²) in [5.74, 6) is -1.46. The van der Waals surface area contributed by atoms with Gasteiger partial charge < -0.3 is 5.11 Å². The molecule has 0 amide bonds. The maximum absolute atomic E-state index is 12.9. The molecule has 2 aromatic heterocycles. The van der Waals surface area contributed by atoms with Gasteiger partial charge in [0.15, 0.2) is 11.3 Å². The minimum atomic E-state index is -1.13. The van der Waals surface area contributed by atoms with Crippen molar-refractivity contribution in [2.75, 3.05) is 0 Å². The minimum absolute atomic E-state index is 0.103. The first-order valence-corrected chi connectivity index (χ1v) is 6.40. The SMILES string of the molecule is O=C(O)c1nc2ccc(-c3ccc(F)cc3)nn2c1Br. The third-order valence-electron chi connectivity index (χ3n) is 2.77. The maximum Gasteiger partial charge on any atom is 0.357 e. The van der Waals surface area contributed by atoms with Gasteiger partial charge in [-0.15, -0.1) is 0 Å². The van der Waals surface area contributed by atoms with Gasteiger partial charge in [0.2, 0.25) is 0 Å². The summed E-state index contributed by atoms with van der Waals surface area (Å²) in [4.78, 5) is 15.0. The van der Waals surface area contributed by atoms with Crippen molar-refractivity contribution >= 4 is 27.5 Å². The fourth-order valence-corrected chi connectivity index (χ4v) is 2.34. The Bertz CT molecular complexity index is 814. The highest BCUT2D eigenvalue weighted by Crippen LogP contribution is 2.22. The van der Waals surface area contributed by atoms with E-state index >= 15 is 0 Å². The van der Waals surface area contributed by atoms with E-state index in [4.69, 9.17) is 5.11 Å². The minimum Gasteiger partial charge on any atom is -0.476 e. The molecule has 0 saturated carbocycles. The van der Waals surface area contributed by atoms with Gasteiger partial charge in [-0.25, -0.2) is 18.7 Å². The third kappa shape index (κ3) is 2.05. The van der Waals surface area contributed by atoms with Gasteiger partial charge >= 0.3 is 5.97 Å². The number of fused-ring (bicyclic) bond motifs is 1. The molecular formula is C13H7BrFN3O2. The molecule has 7 heteroatoms. The summed E-state index contributed by atoms with van der Waals surface area (Å²) in [6.07, 6.45) is 0. The zero-order valence-corrected chi connectivity index (χ0v) is 11.5. The summed E-state index contributed by atoms with van der Waals surface area (Å²) in [6.45, 7) is 0. The number of carboxylic acids is 1. The Kier molecular flexibility index (Phi) is 2.98. The molecule has 0 spiro atoms. The van der Waals surface area contributed by atoms with Gasteiger partial charge in [0, 0.05) is 5.56 Å². The molecule has 3 rings (SSSR count). The summed E-state index contributed by atoms with van der Waals surface area (Å²) in [6, 6.07) is 9.25. The van der Waals surface area contributed by atoms with Crippen LogP contribution in [0.5, 0.6) is 0 Å². The molecule has 0 atom stereocenters. The molecule has 0 fully saturated rings. The Morgan fingerprint density at radius 1 is 1.20 bits per heavy atom. The first kappa shape index (κ1) is 12.7. The predicted octanol–water partition coefficient (Wildman–Crippen LogP) is 3.00. The molecule has 100 valence electrons. The number of aromatic carboxylic acids is 1. The van der Waals surface area contributed by atoms with Crippen LogP contribution in [0, 0.1) is 5.82 Å². The van der Waals surface area contributed by atoms with Crippen molar-refractivity contribution in [1.82, 2.24) is 14.6 Å². The third-order valence-corrected chi connectivity index (χ3v) is 3.48. The van der Waals surface area contributed by atoms with Gasteiger partial charge in [0.25, 0.3) is 0 Å². The quantitative estimate of drug-likeness (QED) is 0.781. The van der Waals surface area contributed by atoms with E-state index in [9.17, 15) is 9.18 Å². The zero-order valence-electron chi connectivity index (χ0n) is 9.92. The predicted molar refractivity (Wildman–Crippen MR) is 73.0 cm³/mol. The number of hydrogen-bond donors (Lipinski definition) is 1. The van der Waals surface area contributed by atoms with Crippen molar-refractivity contribution in [3.63, 3.8) is 0 Å². The van der Waals surface area contributed by atoms with E-state index in [-0.39, 0.29) is 16.1 Å². The molecule has 3 aromatic rings. The van der Waals surface area contributed by atoms with Crippen molar-refractivity contribution in [2.45, 2.75) is 0 Å². The maximum atomic E-state index is 12.9. The molecule has 1 aromatic carbocycles. The van der Waals surface area contributed by atoms with Crippen molar-refractivity contribution in [3.05, 3.63) is 52.5 Å². The van der Waals surface area contributed by atoms with Crippen LogP contribution in [0.4, 0.5) is 4.39 Å². The molecule has 0 unspecified atom stereocenters. The number of carboxylic acid groups (broad SMARTS) is 1. The van der Waals surface area contributed by atoms with Gasteiger partial charge in [0.05, 0.1) is 5.69 Å². The lowest BCUT2D eigenvalue weighted by Crippen LogP contribution is -1.98. The van der Waals surface area contributed by atoms with E-state index in [0.717, 1.165) is 5.56 Å². The Balaban J connectivity index is 2.17. The average molecular weight is 336 g/mol. The number of aromatic nitrogens is 3. The van der Waals surface area contributed by atoms with E-state index in [1.807, 2.05) is 0 Å². The van der Waals surface area contributed by atoms with Crippen LogP contribution in [0.1, 0.15) is 10.5 Å². The molecule has 0 bridgehead atoms. The standard InChI is InChI=1S/C13H7BrFN3O2/c14-12-11(13(19)20)16-10-6-5-9(17-18(10)12)7-1-3-8(15)4-2-7/h1-6H,(H,19,20). The zero-order chi connectivity index (χ0) is 14.3. The highest BCUT2D eigenvalue weighted by atomic mass is 79.9. The molecular weight excluding hydrogens is 329 g/mol. The number of carbonyl (C=O) groups is 1. The molecule has 0 aliphatic carbocycles. The number of halogens is 2. The molecule has 0 saturated heterocycles. The van der Waals surface area contributed by atoms with E-state index in [1.165, 1.54) is 16.6 Å². The van der Waals surface area contributed by atoms with Crippen LogP contribution in [0.15, 0.2) is 41.0 Å². The molecule has 2 heterocycles. The lowest BCUT2D eigenvalue weighted by atomic mass is 10.1. The number of rotatable bonds is 2. The largest absolute Gasteiger partial charge is 0.476 e. The van der Waals surface area contributed by atoms with Crippen molar-refractivity contribution in [3.8, 4) is 11.3 Å². The first-order chi connectivity index (χ1) is 9.56. The van der Waals surface area contributed by atoms with Crippen LogP contribution >= 0.6 is 15.9 Å². The van der Waals surface area contributed by atoms with Crippen molar-refractivity contribution in [2.24, 2.45) is 0 Å². The number of benzene rings is 1.